The minimum absolute atomic E-state index is 0.436. The lowest BCUT2D eigenvalue weighted by Gasteiger charge is -2.01. The molecule has 0 aromatic carbocycles. The Labute approximate surface area is 112 Å². The molecule has 0 fully saturated rings. The molecule has 0 unspecified atom stereocenters. The van der Waals surface area contributed by atoms with E-state index in [4.69, 9.17) is 4.74 Å². The van der Waals surface area contributed by atoms with E-state index in [1.165, 1.54) is 0 Å². The first kappa shape index (κ1) is 11.2. The van der Waals surface area contributed by atoms with Crippen molar-refractivity contribution in [3.05, 3.63) is 59.2 Å². The Morgan fingerprint density at radius 2 is 2.28 bits per heavy atom. The van der Waals surface area contributed by atoms with Gasteiger partial charge in [-0.25, -0.2) is 4.98 Å². The van der Waals surface area contributed by atoms with Crippen molar-refractivity contribution in [1.29, 1.82) is 0 Å². The average Bonchev–Trinajstić information content (AvgIpc) is 2.79. The van der Waals surface area contributed by atoms with E-state index in [-0.39, 0.29) is 0 Å². The molecule has 5 heteroatoms. The van der Waals surface area contributed by atoms with Gasteiger partial charge in [0.1, 0.15) is 18.0 Å². The second-order valence-electron chi connectivity index (χ2n) is 3.82. The first-order valence-corrected chi connectivity index (χ1v) is 6.26. The maximum atomic E-state index is 5.60. The van der Waals surface area contributed by atoms with E-state index in [0.717, 1.165) is 21.6 Å². The average molecular weight is 304 g/mol. The van der Waals surface area contributed by atoms with Crippen LogP contribution in [0.1, 0.15) is 5.69 Å². The van der Waals surface area contributed by atoms with Gasteiger partial charge in [0.2, 0.25) is 0 Å². The SMILES string of the molecule is Brc1ccn2cc(COc3cccnc3)nc2c1. The lowest BCUT2D eigenvalue weighted by atomic mass is 10.4. The predicted molar refractivity (Wildman–Crippen MR) is 71.5 cm³/mol. The largest absolute Gasteiger partial charge is 0.486 e. The minimum atomic E-state index is 0.436. The standard InChI is InChI=1S/C13H10BrN3O/c14-10-3-5-17-8-11(16-13(17)6-10)9-18-12-2-1-4-15-7-12/h1-8H,9H2. The fourth-order valence-electron chi connectivity index (χ4n) is 1.67. The van der Waals surface area contributed by atoms with Crippen LogP contribution >= 0.6 is 15.9 Å². The third kappa shape index (κ3) is 2.36. The van der Waals surface area contributed by atoms with Crippen molar-refractivity contribution in [2.75, 3.05) is 0 Å². The molecule has 0 N–H and O–H groups in total. The topological polar surface area (TPSA) is 39.4 Å². The van der Waals surface area contributed by atoms with Gasteiger partial charge in [0.05, 0.1) is 11.9 Å². The number of ether oxygens (including phenoxy) is 1. The quantitative estimate of drug-likeness (QED) is 0.746. The number of aromatic nitrogens is 3. The Morgan fingerprint density at radius 3 is 3.11 bits per heavy atom. The van der Waals surface area contributed by atoms with E-state index in [1.807, 2.05) is 41.1 Å². The van der Waals surface area contributed by atoms with E-state index >= 15 is 0 Å². The highest BCUT2D eigenvalue weighted by molar-refractivity contribution is 9.10. The molecule has 0 aliphatic carbocycles. The van der Waals surface area contributed by atoms with Gasteiger partial charge in [0, 0.05) is 23.1 Å². The molecule has 0 radical (unpaired) electrons. The van der Waals surface area contributed by atoms with Crippen LogP contribution in [0, 0.1) is 0 Å². The van der Waals surface area contributed by atoms with Gasteiger partial charge in [-0.05, 0) is 24.3 Å². The molecule has 3 heterocycles. The zero-order valence-corrected chi connectivity index (χ0v) is 11.0. The van der Waals surface area contributed by atoms with Crippen molar-refractivity contribution < 1.29 is 4.74 Å². The van der Waals surface area contributed by atoms with Gasteiger partial charge >= 0.3 is 0 Å². The Morgan fingerprint density at radius 1 is 1.33 bits per heavy atom. The van der Waals surface area contributed by atoms with Crippen LogP contribution in [0.25, 0.3) is 5.65 Å². The molecule has 0 aliphatic rings. The van der Waals surface area contributed by atoms with Crippen molar-refractivity contribution in [3.8, 4) is 5.75 Å². The lowest BCUT2D eigenvalue weighted by Crippen LogP contribution is -1.95. The minimum Gasteiger partial charge on any atom is -0.486 e. The van der Waals surface area contributed by atoms with Crippen molar-refractivity contribution in [2.24, 2.45) is 0 Å². The molecule has 3 rings (SSSR count). The number of hydrogen-bond acceptors (Lipinski definition) is 3. The summed E-state index contributed by atoms with van der Waals surface area (Å²) in [5.74, 6) is 0.746. The maximum Gasteiger partial charge on any atom is 0.138 e. The number of hydrogen-bond donors (Lipinski definition) is 0. The summed E-state index contributed by atoms with van der Waals surface area (Å²) in [6.07, 6.45) is 7.32. The van der Waals surface area contributed by atoms with E-state index in [1.54, 1.807) is 12.4 Å². The van der Waals surface area contributed by atoms with Crippen LogP contribution < -0.4 is 4.74 Å². The molecule has 0 spiro atoms. The third-order valence-corrected chi connectivity index (χ3v) is 2.99. The summed E-state index contributed by atoms with van der Waals surface area (Å²) in [5, 5.41) is 0. The fraction of sp³-hybridized carbons (Fsp3) is 0.0769. The van der Waals surface area contributed by atoms with Gasteiger partial charge in [-0.1, -0.05) is 15.9 Å². The van der Waals surface area contributed by atoms with Crippen LogP contribution in [-0.2, 0) is 6.61 Å². The smallest absolute Gasteiger partial charge is 0.138 e. The Balaban J connectivity index is 1.79. The molecule has 0 saturated heterocycles. The summed E-state index contributed by atoms with van der Waals surface area (Å²) >= 11 is 3.42. The van der Waals surface area contributed by atoms with Crippen LogP contribution in [0.4, 0.5) is 0 Å². The zero-order chi connectivity index (χ0) is 12.4. The van der Waals surface area contributed by atoms with Crippen LogP contribution in [-0.4, -0.2) is 14.4 Å². The molecule has 3 aromatic rings. The first-order valence-electron chi connectivity index (χ1n) is 5.47. The molecular formula is C13H10BrN3O. The number of halogens is 1. The van der Waals surface area contributed by atoms with Gasteiger partial charge in [-0.15, -0.1) is 0 Å². The zero-order valence-electron chi connectivity index (χ0n) is 9.45. The second-order valence-corrected chi connectivity index (χ2v) is 4.74. The van der Waals surface area contributed by atoms with E-state index < -0.39 is 0 Å². The maximum absolute atomic E-state index is 5.60. The number of pyridine rings is 2. The summed E-state index contributed by atoms with van der Waals surface area (Å²) in [5.41, 5.74) is 1.78. The lowest BCUT2D eigenvalue weighted by molar-refractivity contribution is 0.301. The number of imidazole rings is 1. The molecule has 4 nitrogen and oxygen atoms in total. The third-order valence-electron chi connectivity index (χ3n) is 2.49. The van der Waals surface area contributed by atoms with Crippen LogP contribution in [0.2, 0.25) is 0 Å². The van der Waals surface area contributed by atoms with E-state index in [9.17, 15) is 0 Å². The van der Waals surface area contributed by atoms with Crippen molar-refractivity contribution >= 4 is 21.6 Å². The monoisotopic (exact) mass is 303 g/mol. The van der Waals surface area contributed by atoms with Crippen LogP contribution in [0.5, 0.6) is 5.75 Å². The number of nitrogens with zero attached hydrogens (tertiary/aromatic N) is 3. The first-order chi connectivity index (χ1) is 8.81. The van der Waals surface area contributed by atoms with E-state index in [0.29, 0.717) is 6.61 Å². The molecule has 0 amide bonds. The molecule has 3 aromatic heterocycles. The summed E-state index contributed by atoms with van der Waals surface area (Å²) in [6, 6.07) is 7.66. The van der Waals surface area contributed by atoms with Gasteiger partial charge in [-0.2, -0.15) is 0 Å². The second kappa shape index (κ2) is 4.78. The molecule has 0 atom stereocenters. The normalized spacial score (nSPS) is 10.7. The van der Waals surface area contributed by atoms with E-state index in [2.05, 4.69) is 25.9 Å². The van der Waals surface area contributed by atoms with Gasteiger partial charge < -0.3 is 9.14 Å². The molecule has 0 saturated carbocycles. The molecule has 0 bridgehead atoms. The number of rotatable bonds is 3. The highest BCUT2D eigenvalue weighted by atomic mass is 79.9. The predicted octanol–water partition coefficient (Wildman–Crippen LogP) is 3.07. The number of fused-ring (bicyclic) bond motifs is 1. The summed E-state index contributed by atoms with van der Waals surface area (Å²) in [6.45, 7) is 0.436. The summed E-state index contributed by atoms with van der Waals surface area (Å²) in [7, 11) is 0. The van der Waals surface area contributed by atoms with Gasteiger partial charge in [-0.3, -0.25) is 4.98 Å². The van der Waals surface area contributed by atoms with Crippen molar-refractivity contribution in [2.45, 2.75) is 6.61 Å². The van der Waals surface area contributed by atoms with Crippen molar-refractivity contribution in [3.63, 3.8) is 0 Å². The van der Waals surface area contributed by atoms with Crippen molar-refractivity contribution in [1.82, 2.24) is 14.4 Å². The van der Waals surface area contributed by atoms with Gasteiger partial charge in [0.25, 0.3) is 0 Å². The molecule has 90 valence electrons. The Bertz CT molecular complexity index is 666. The Kier molecular flexibility index (Phi) is 2.98. The summed E-state index contributed by atoms with van der Waals surface area (Å²) < 4.78 is 8.58. The summed E-state index contributed by atoms with van der Waals surface area (Å²) in [4.78, 5) is 8.47. The fourth-order valence-corrected chi connectivity index (χ4v) is 1.99. The molecule has 0 aliphatic heterocycles. The Hall–Kier alpha value is -1.88. The molecular weight excluding hydrogens is 294 g/mol. The van der Waals surface area contributed by atoms with Gasteiger partial charge in [0.15, 0.2) is 0 Å². The highest BCUT2D eigenvalue weighted by Crippen LogP contribution is 2.14. The molecule has 18 heavy (non-hydrogen) atoms. The van der Waals surface area contributed by atoms with Crippen LogP contribution in [0.3, 0.4) is 0 Å². The highest BCUT2D eigenvalue weighted by Gasteiger charge is 2.03. The van der Waals surface area contributed by atoms with Crippen LogP contribution in [0.15, 0.2) is 53.5 Å².